The van der Waals surface area contributed by atoms with E-state index < -0.39 is 0 Å². The van der Waals surface area contributed by atoms with Crippen molar-refractivity contribution in [2.24, 2.45) is 5.73 Å². The number of benzene rings is 1. The van der Waals surface area contributed by atoms with E-state index in [9.17, 15) is 0 Å². The number of nitrogens with two attached hydrogens (primary N) is 1. The molecule has 0 saturated heterocycles. The fourth-order valence-electron chi connectivity index (χ4n) is 2.29. The molecule has 0 spiro atoms. The summed E-state index contributed by atoms with van der Waals surface area (Å²) in [6.07, 6.45) is 2.84. The highest BCUT2D eigenvalue weighted by Crippen LogP contribution is 2.30. The molecule has 0 fully saturated rings. The van der Waals surface area contributed by atoms with E-state index in [0.717, 1.165) is 33.5 Å². The predicted octanol–water partition coefficient (Wildman–Crippen LogP) is 4.13. The third kappa shape index (κ3) is 2.91. The number of ether oxygens (including phenoxy) is 1. The minimum atomic E-state index is -0.225. The smallest absolute Gasteiger partial charge is 0.124 e. The normalized spacial score (nSPS) is 12.5. The Bertz CT molecular complexity index is 738. The lowest BCUT2D eigenvalue weighted by molar-refractivity contribution is 0.313. The summed E-state index contributed by atoms with van der Waals surface area (Å²) in [4.78, 5) is 4.47. The number of rotatable bonds is 5. The van der Waals surface area contributed by atoms with Crippen LogP contribution in [0.15, 0.2) is 48.0 Å². The molecule has 0 amide bonds. The molecule has 0 bridgehead atoms. The zero-order chi connectivity index (χ0) is 14.7. The van der Waals surface area contributed by atoms with Crippen molar-refractivity contribution >= 4 is 21.6 Å². The van der Waals surface area contributed by atoms with Gasteiger partial charge in [0.2, 0.25) is 0 Å². The molecule has 0 aliphatic rings. The molecular weight excluding hydrogens is 280 g/mol. The SMILES string of the molecule is CCCOc1ccccc1C(N)c1cnc2ccsc2c1. The van der Waals surface area contributed by atoms with Crippen LogP contribution in [0.2, 0.25) is 0 Å². The van der Waals surface area contributed by atoms with Crippen molar-refractivity contribution in [2.75, 3.05) is 6.61 Å². The van der Waals surface area contributed by atoms with Crippen molar-refractivity contribution in [3.8, 4) is 5.75 Å². The summed E-state index contributed by atoms with van der Waals surface area (Å²) in [6.45, 7) is 2.79. The lowest BCUT2D eigenvalue weighted by Crippen LogP contribution is -2.14. The maximum absolute atomic E-state index is 6.43. The van der Waals surface area contributed by atoms with Crippen LogP contribution < -0.4 is 10.5 Å². The molecule has 0 saturated carbocycles. The molecule has 3 rings (SSSR count). The van der Waals surface area contributed by atoms with Crippen molar-refractivity contribution < 1.29 is 4.74 Å². The van der Waals surface area contributed by atoms with E-state index in [1.807, 2.05) is 41.9 Å². The molecule has 3 nitrogen and oxygen atoms in total. The summed E-state index contributed by atoms with van der Waals surface area (Å²) in [5.74, 6) is 0.859. The Hall–Kier alpha value is -1.91. The second-order valence-corrected chi connectivity index (χ2v) is 5.88. The fourth-order valence-corrected chi connectivity index (χ4v) is 3.08. The lowest BCUT2D eigenvalue weighted by Gasteiger charge is -2.17. The van der Waals surface area contributed by atoms with Crippen LogP contribution in [-0.4, -0.2) is 11.6 Å². The highest BCUT2D eigenvalue weighted by Gasteiger charge is 2.15. The van der Waals surface area contributed by atoms with Gasteiger partial charge in [0.25, 0.3) is 0 Å². The molecule has 4 heteroatoms. The first kappa shape index (κ1) is 14.0. The van der Waals surface area contributed by atoms with Crippen LogP contribution in [-0.2, 0) is 0 Å². The van der Waals surface area contributed by atoms with Gasteiger partial charge < -0.3 is 10.5 Å². The molecule has 1 atom stereocenters. The number of para-hydroxylation sites is 1. The summed E-state index contributed by atoms with van der Waals surface area (Å²) < 4.78 is 6.97. The van der Waals surface area contributed by atoms with E-state index in [1.54, 1.807) is 11.3 Å². The van der Waals surface area contributed by atoms with E-state index in [0.29, 0.717) is 6.61 Å². The maximum atomic E-state index is 6.43. The van der Waals surface area contributed by atoms with Crippen molar-refractivity contribution in [1.29, 1.82) is 0 Å². The minimum Gasteiger partial charge on any atom is -0.493 e. The number of thiophene rings is 1. The first-order chi connectivity index (χ1) is 10.3. The van der Waals surface area contributed by atoms with Crippen molar-refractivity contribution in [3.05, 3.63) is 59.1 Å². The van der Waals surface area contributed by atoms with E-state index in [-0.39, 0.29) is 6.04 Å². The number of hydrogen-bond acceptors (Lipinski definition) is 4. The van der Waals surface area contributed by atoms with Gasteiger partial charge in [-0.25, -0.2) is 0 Å². The zero-order valence-electron chi connectivity index (χ0n) is 12.0. The topological polar surface area (TPSA) is 48.1 Å². The first-order valence-electron chi connectivity index (χ1n) is 7.10. The van der Waals surface area contributed by atoms with Gasteiger partial charge in [-0.05, 0) is 35.6 Å². The van der Waals surface area contributed by atoms with Crippen LogP contribution in [0.5, 0.6) is 5.75 Å². The molecule has 0 radical (unpaired) electrons. The fraction of sp³-hybridized carbons (Fsp3) is 0.235. The van der Waals surface area contributed by atoms with Crippen LogP contribution in [0, 0.1) is 0 Å². The third-order valence-electron chi connectivity index (χ3n) is 3.40. The summed E-state index contributed by atoms with van der Waals surface area (Å²) in [5.41, 5.74) is 9.47. The van der Waals surface area contributed by atoms with Crippen molar-refractivity contribution in [3.63, 3.8) is 0 Å². The van der Waals surface area contributed by atoms with Gasteiger partial charge in [-0.3, -0.25) is 4.98 Å². The molecule has 0 aliphatic heterocycles. The Morgan fingerprint density at radius 1 is 1.29 bits per heavy atom. The van der Waals surface area contributed by atoms with E-state index in [4.69, 9.17) is 10.5 Å². The molecule has 2 N–H and O–H groups in total. The second-order valence-electron chi connectivity index (χ2n) is 4.94. The third-order valence-corrected chi connectivity index (χ3v) is 4.25. The molecule has 108 valence electrons. The van der Waals surface area contributed by atoms with Crippen LogP contribution in [0.4, 0.5) is 0 Å². The van der Waals surface area contributed by atoms with E-state index >= 15 is 0 Å². The Balaban J connectivity index is 1.95. The summed E-state index contributed by atoms with van der Waals surface area (Å²) in [7, 11) is 0. The number of hydrogen-bond donors (Lipinski definition) is 1. The Kier molecular flexibility index (Phi) is 4.18. The highest BCUT2D eigenvalue weighted by atomic mass is 32.1. The maximum Gasteiger partial charge on any atom is 0.124 e. The molecule has 21 heavy (non-hydrogen) atoms. The summed E-state index contributed by atoms with van der Waals surface area (Å²) >= 11 is 1.68. The van der Waals surface area contributed by atoms with Gasteiger partial charge in [0, 0.05) is 11.8 Å². The van der Waals surface area contributed by atoms with Crippen LogP contribution >= 0.6 is 11.3 Å². The second kappa shape index (κ2) is 6.24. The molecule has 1 unspecified atom stereocenters. The van der Waals surface area contributed by atoms with Crippen LogP contribution in [0.25, 0.3) is 10.2 Å². The van der Waals surface area contributed by atoms with Crippen LogP contribution in [0.3, 0.4) is 0 Å². The van der Waals surface area contributed by atoms with Crippen molar-refractivity contribution in [1.82, 2.24) is 4.98 Å². The molecule has 1 aromatic carbocycles. The molecule has 2 heterocycles. The van der Waals surface area contributed by atoms with Gasteiger partial charge in [-0.2, -0.15) is 0 Å². The predicted molar refractivity (Wildman–Crippen MR) is 87.9 cm³/mol. The Labute approximate surface area is 128 Å². The Morgan fingerprint density at radius 2 is 2.14 bits per heavy atom. The summed E-state index contributed by atoms with van der Waals surface area (Å²) in [5, 5.41) is 2.05. The molecule has 0 aliphatic carbocycles. The molecular formula is C17H18N2OS. The van der Waals surface area contributed by atoms with Gasteiger partial charge in [0.1, 0.15) is 5.75 Å². The largest absolute Gasteiger partial charge is 0.493 e. The minimum absolute atomic E-state index is 0.225. The Morgan fingerprint density at radius 3 is 3.00 bits per heavy atom. The van der Waals surface area contributed by atoms with Gasteiger partial charge in [0.05, 0.1) is 22.9 Å². The van der Waals surface area contributed by atoms with Crippen LogP contribution in [0.1, 0.15) is 30.5 Å². The number of nitrogens with zero attached hydrogens (tertiary/aromatic N) is 1. The molecule has 2 aromatic heterocycles. The van der Waals surface area contributed by atoms with Gasteiger partial charge >= 0.3 is 0 Å². The lowest BCUT2D eigenvalue weighted by atomic mass is 10.00. The number of pyridine rings is 1. The van der Waals surface area contributed by atoms with Gasteiger partial charge in [-0.15, -0.1) is 11.3 Å². The van der Waals surface area contributed by atoms with E-state index in [1.165, 1.54) is 0 Å². The van der Waals surface area contributed by atoms with Crippen molar-refractivity contribution in [2.45, 2.75) is 19.4 Å². The summed E-state index contributed by atoms with van der Waals surface area (Å²) in [6, 6.07) is 11.9. The average Bonchev–Trinajstić information content (AvgIpc) is 3.00. The first-order valence-corrected chi connectivity index (χ1v) is 7.98. The van der Waals surface area contributed by atoms with E-state index in [2.05, 4.69) is 18.0 Å². The van der Waals surface area contributed by atoms with Gasteiger partial charge in [0.15, 0.2) is 0 Å². The standard InChI is InChI=1S/C17H18N2OS/c1-2-8-20-15-6-4-3-5-13(15)17(18)12-10-16-14(19-11-12)7-9-21-16/h3-7,9-11,17H,2,8,18H2,1H3. The quantitative estimate of drug-likeness (QED) is 0.770. The zero-order valence-corrected chi connectivity index (χ0v) is 12.8. The average molecular weight is 298 g/mol. The number of fused-ring (bicyclic) bond motifs is 1. The van der Waals surface area contributed by atoms with Gasteiger partial charge in [-0.1, -0.05) is 25.1 Å². The monoisotopic (exact) mass is 298 g/mol. The molecule has 3 aromatic rings. The highest BCUT2D eigenvalue weighted by molar-refractivity contribution is 7.17. The number of aromatic nitrogens is 1.